The maximum Gasteiger partial charge on any atom is 0.280 e. The summed E-state index contributed by atoms with van der Waals surface area (Å²) in [7, 11) is 3.53. The molecule has 0 fully saturated rings. The van der Waals surface area contributed by atoms with E-state index in [0.717, 1.165) is 10.9 Å². The first kappa shape index (κ1) is 25.3. The van der Waals surface area contributed by atoms with Crippen LogP contribution in [-0.2, 0) is 0 Å². The number of aromatic nitrogens is 1. The van der Waals surface area contributed by atoms with Gasteiger partial charge in [0.2, 0.25) is 0 Å². The number of rotatable bonds is 4. The van der Waals surface area contributed by atoms with Crippen LogP contribution in [0.3, 0.4) is 0 Å². The second-order valence-corrected chi connectivity index (χ2v) is 7.56. The molecule has 0 saturated heterocycles. The first-order valence-corrected chi connectivity index (χ1v) is 10.7. The van der Waals surface area contributed by atoms with Crippen LogP contribution in [-0.4, -0.2) is 34.7 Å². The van der Waals surface area contributed by atoms with Crippen LogP contribution in [0, 0.1) is 10.1 Å². The van der Waals surface area contributed by atoms with Crippen LogP contribution in [0.25, 0.3) is 10.9 Å². The molecule has 2 aromatic carbocycles. The Morgan fingerprint density at radius 2 is 1.64 bits per heavy atom. The monoisotopic (exact) mass is 447 g/mol. The van der Waals surface area contributed by atoms with E-state index in [0.29, 0.717) is 0 Å². The number of H-pyrrole nitrogens is 1. The van der Waals surface area contributed by atoms with Gasteiger partial charge in [-0.25, -0.2) is 0 Å². The molecule has 0 spiro atoms. The maximum atomic E-state index is 11.7. The van der Waals surface area contributed by atoms with Gasteiger partial charge in [0, 0.05) is 55.6 Å². The van der Waals surface area contributed by atoms with E-state index in [1.54, 1.807) is 37.5 Å². The zero-order valence-corrected chi connectivity index (χ0v) is 18.9. The average Bonchev–Trinajstić information content (AvgIpc) is 2.85. The minimum Gasteiger partial charge on any atom is -0.383 e. The molecule has 0 amide bonds. The van der Waals surface area contributed by atoms with Gasteiger partial charge in [-0.05, 0) is 43.9 Å². The van der Waals surface area contributed by atoms with Gasteiger partial charge in [-0.3, -0.25) is 19.7 Å². The molecular formula is C26H29N3O4. The van der Waals surface area contributed by atoms with Crippen molar-refractivity contribution in [2.45, 2.75) is 25.7 Å². The number of allylic oxidation sites excluding steroid dienone is 3. The number of hydrogen-bond acceptors (Lipinski definition) is 5. The fourth-order valence-corrected chi connectivity index (χ4v) is 3.03. The number of benzene rings is 2. The van der Waals surface area contributed by atoms with E-state index in [1.807, 2.05) is 24.3 Å². The van der Waals surface area contributed by atoms with Crippen molar-refractivity contribution < 1.29 is 9.72 Å². The number of nitro benzene ring substituents is 1. The number of para-hydroxylation sites is 2. The Bertz CT molecular complexity index is 1170. The summed E-state index contributed by atoms with van der Waals surface area (Å²) < 4.78 is 0. The lowest BCUT2D eigenvalue weighted by molar-refractivity contribution is -0.385. The molecular weight excluding hydrogens is 418 g/mol. The quantitative estimate of drug-likeness (QED) is 0.187. The van der Waals surface area contributed by atoms with Gasteiger partial charge in [-0.1, -0.05) is 36.4 Å². The molecule has 172 valence electrons. The number of carbonyl (C=O) groups excluding carboxylic acids is 1. The summed E-state index contributed by atoms with van der Waals surface area (Å²) >= 11 is 0. The molecule has 0 saturated carbocycles. The molecule has 1 aromatic heterocycles. The lowest BCUT2D eigenvalue weighted by Crippen LogP contribution is -2.05. The molecule has 7 heteroatoms. The van der Waals surface area contributed by atoms with E-state index in [2.05, 4.69) is 17.1 Å². The third-order valence-corrected chi connectivity index (χ3v) is 4.71. The topological polar surface area (TPSA) is 96.3 Å². The zero-order chi connectivity index (χ0) is 24.1. The van der Waals surface area contributed by atoms with Crippen molar-refractivity contribution in [1.29, 1.82) is 0 Å². The first-order chi connectivity index (χ1) is 15.9. The van der Waals surface area contributed by atoms with Gasteiger partial charge in [-0.2, -0.15) is 0 Å². The van der Waals surface area contributed by atoms with Gasteiger partial charge in [0.15, 0.2) is 11.2 Å². The van der Waals surface area contributed by atoms with E-state index in [-0.39, 0.29) is 22.5 Å². The molecule has 1 heterocycles. The molecule has 0 aliphatic heterocycles. The summed E-state index contributed by atoms with van der Waals surface area (Å²) in [5, 5.41) is 11.4. The van der Waals surface area contributed by atoms with Crippen LogP contribution < -0.4 is 5.43 Å². The minimum atomic E-state index is -0.559. The zero-order valence-electron chi connectivity index (χ0n) is 18.9. The van der Waals surface area contributed by atoms with Gasteiger partial charge >= 0.3 is 0 Å². The van der Waals surface area contributed by atoms with Crippen LogP contribution in [0.5, 0.6) is 0 Å². The van der Waals surface area contributed by atoms with Crippen molar-refractivity contribution in [2.24, 2.45) is 0 Å². The lowest BCUT2D eigenvalue weighted by Gasteiger charge is -2.03. The van der Waals surface area contributed by atoms with Gasteiger partial charge in [-0.15, -0.1) is 0 Å². The summed E-state index contributed by atoms with van der Waals surface area (Å²) in [5.74, 6) is -0.374. The Morgan fingerprint density at radius 1 is 1.00 bits per heavy atom. The number of pyridine rings is 1. The summed E-state index contributed by atoms with van der Waals surface area (Å²) in [5.41, 5.74) is 0.890. The smallest absolute Gasteiger partial charge is 0.280 e. The summed E-state index contributed by atoms with van der Waals surface area (Å²) in [6, 6.07) is 14.9. The highest BCUT2D eigenvalue weighted by Gasteiger charge is 2.16. The molecule has 1 aliphatic rings. The van der Waals surface area contributed by atoms with Crippen molar-refractivity contribution in [1.82, 2.24) is 9.88 Å². The number of nitrogens with one attached hydrogen (secondary N) is 1. The highest BCUT2D eigenvalue weighted by molar-refractivity contribution is 6.07. The van der Waals surface area contributed by atoms with E-state index in [1.165, 1.54) is 56.0 Å². The van der Waals surface area contributed by atoms with E-state index >= 15 is 0 Å². The minimum absolute atomic E-state index is 0.0688. The van der Waals surface area contributed by atoms with Gasteiger partial charge in [0.05, 0.1) is 10.5 Å². The average molecular weight is 448 g/mol. The van der Waals surface area contributed by atoms with Gasteiger partial charge < -0.3 is 9.88 Å². The molecule has 4 rings (SSSR count). The van der Waals surface area contributed by atoms with Crippen molar-refractivity contribution >= 4 is 22.4 Å². The molecule has 3 aromatic rings. The highest BCUT2D eigenvalue weighted by Crippen LogP contribution is 2.18. The lowest BCUT2D eigenvalue weighted by atomic mass is 10.1. The van der Waals surface area contributed by atoms with Gasteiger partial charge in [0.25, 0.3) is 5.69 Å². The number of ketones is 1. The molecule has 7 nitrogen and oxygen atoms in total. The fourth-order valence-electron chi connectivity index (χ4n) is 3.03. The van der Waals surface area contributed by atoms with Crippen LogP contribution >= 0.6 is 0 Å². The molecule has 33 heavy (non-hydrogen) atoms. The van der Waals surface area contributed by atoms with Gasteiger partial charge in [0.1, 0.15) is 0 Å². The number of hydrogen-bond donors (Lipinski definition) is 1. The number of fused-ring (bicyclic) bond motifs is 1. The summed E-state index contributed by atoms with van der Waals surface area (Å²) in [4.78, 5) is 37.6. The number of nitro groups is 1. The Balaban J connectivity index is 0.000000194. The Morgan fingerprint density at radius 3 is 2.21 bits per heavy atom. The van der Waals surface area contributed by atoms with Crippen molar-refractivity contribution in [3.8, 4) is 0 Å². The second-order valence-electron chi connectivity index (χ2n) is 7.56. The summed E-state index contributed by atoms with van der Waals surface area (Å²) in [6.07, 6.45) is 14.5. The third-order valence-electron chi connectivity index (χ3n) is 4.71. The fraction of sp³-hybridized carbons (Fsp3) is 0.231. The Hall–Kier alpha value is -4.00. The normalized spacial score (nSPS) is 12.3. The molecule has 0 unspecified atom stereocenters. The standard InChI is InChI=1S/C11H12N2O3.C9H7NO.C6H10/c1-12(2)8-7-11(14)9-5-3-4-6-10(9)13(15)16;11-9-5-6-10-8-4-2-1-3-7(8)9;1-2-4-6-5-3-1/h3-8H,1-2H3;1-6H,(H,10,11);1-2H,3-6H2/b8-7+;;. The van der Waals surface area contributed by atoms with Crippen LogP contribution in [0.2, 0.25) is 0 Å². The van der Waals surface area contributed by atoms with E-state index in [9.17, 15) is 19.7 Å². The SMILES string of the molecule is C1=CCCCC1.CN(C)/C=C/C(=O)c1ccccc1[N+](=O)[O-].O=c1cc[nH]c2ccccc12. The van der Waals surface area contributed by atoms with E-state index < -0.39 is 4.92 Å². The maximum absolute atomic E-state index is 11.7. The van der Waals surface area contributed by atoms with Crippen LogP contribution in [0.4, 0.5) is 5.69 Å². The Kier molecular flexibility index (Phi) is 10.3. The van der Waals surface area contributed by atoms with Crippen molar-refractivity contribution in [3.05, 3.63) is 111 Å². The number of aromatic amines is 1. The molecule has 0 atom stereocenters. The predicted octanol–water partition coefficient (Wildman–Crippen LogP) is 5.50. The summed E-state index contributed by atoms with van der Waals surface area (Å²) in [6.45, 7) is 0. The van der Waals surface area contributed by atoms with Crippen LogP contribution in [0.15, 0.2) is 90.0 Å². The molecule has 0 radical (unpaired) electrons. The number of carbonyl (C=O) groups is 1. The Labute approximate surface area is 193 Å². The van der Waals surface area contributed by atoms with Crippen molar-refractivity contribution in [3.63, 3.8) is 0 Å². The molecule has 1 N–H and O–H groups in total. The van der Waals surface area contributed by atoms with E-state index in [4.69, 9.17) is 0 Å². The van der Waals surface area contributed by atoms with Crippen LogP contribution in [0.1, 0.15) is 36.0 Å². The molecule has 1 aliphatic carbocycles. The highest BCUT2D eigenvalue weighted by atomic mass is 16.6. The number of nitrogens with zero attached hydrogens (tertiary/aromatic N) is 2. The van der Waals surface area contributed by atoms with Crippen molar-refractivity contribution in [2.75, 3.05) is 14.1 Å². The second kappa shape index (κ2) is 13.4. The third kappa shape index (κ3) is 8.57. The largest absolute Gasteiger partial charge is 0.383 e. The first-order valence-electron chi connectivity index (χ1n) is 10.7. The molecule has 0 bridgehead atoms. The predicted molar refractivity (Wildman–Crippen MR) is 132 cm³/mol.